The predicted molar refractivity (Wildman–Crippen MR) is 198 cm³/mol. The van der Waals surface area contributed by atoms with Gasteiger partial charge in [0, 0.05) is 22.3 Å². The topological polar surface area (TPSA) is 100.0 Å². The normalized spacial score (nSPS) is 16.5. The van der Waals surface area contributed by atoms with E-state index in [2.05, 4.69) is 81.2 Å². The molecule has 4 heterocycles. The van der Waals surface area contributed by atoms with E-state index in [0.717, 1.165) is 78.1 Å². The van der Waals surface area contributed by atoms with E-state index in [0.29, 0.717) is 12.5 Å². The molecule has 3 aromatic heterocycles. The number of benzene rings is 1. The van der Waals surface area contributed by atoms with Crippen molar-refractivity contribution in [2.24, 2.45) is 0 Å². The third kappa shape index (κ3) is 8.35. The second-order valence-electron chi connectivity index (χ2n) is 15.4. The van der Waals surface area contributed by atoms with E-state index in [1.807, 2.05) is 49.8 Å². The maximum atomic E-state index is 13.1. The summed E-state index contributed by atoms with van der Waals surface area (Å²) in [4.78, 5) is 10.2. The summed E-state index contributed by atoms with van der Waals surface area (Å²) < 4.78 is 24.6. The van der Waals surface area contributed by atoms with Gasteiger partial charge in [-0.15, -0.1) is 4.72 Å². The van der Waals surface area contributed by atoms with Crippen molar-refractivity contribution in [3.8, 4) is 17.1 Å². The second kappa shape index (κ2) is 14.5. The van der Waals surface area contributed by atoms with E-state index in [1.165, 1.54) is 5.56 Å². The van der Waals surface area contributed by atoms with Crippen LogP contribution in [0.25, 0.3) is 28.0 Å². The van der Waals surface area contributed by atoms with Crippen LogP contribution in [-0.2, 0) is 22.4 Å². The number of pyridine rings is 2. The summed E-state index contributed by atoms with van der Waals surface area (Å²) in [6.45, 7) is 22.0. The van der Waals surface area contributed by atoms with Gasteiger partial charge in [0.2, 0.25) is 0 Å². The lowest BCUT2D eigenvalue weighted by Crippen LogP contribution is -2.41. The first-order valence-electron chi connectivity index (χ1n) is 17.2. The molecule has 4 aromatic rings. The fourth-order valence-corrected chi connectivity index (χ4v) is 7.55. The fourth-order valence-electron chi connectivity index (χ4n) is 5.76. The van der Waals surface area contributed by atoms with Gasteiger partial charge in [0.05, 0.1) is 41.4 Å². The van der Waals surface area contributed by atoms with Crippen LogP contribution in [0.4, 0.5) is 0 Å². The maximum Gasteiger partial charge on any atom is 0.192 e. The average molecular weight is 675 g/mol. The minimum absolute atomic E-state index is 0.0985. The number of hydrogen-bond acceptors (Lipinski definition) is 7. The first kappa shape index (κ1) is 35.7. The van der Waals surface area contributed by atoms with Crippen LogP contribution in [0.15, 0.2) is 54.7 Å². The number of aromatic nitrogens is 4. The predicted octanol–water partition coefficient (Wildman–Crippen LogP) is 8.36. The standard InChI is InChI=1S/C37H54N6O2SSi/c1-10-13-33(42-46(44)36(2,3)4)32-16-12-15-31(41-32)27-22-29(26-18-20-38-21-19-26)30-24-39-43(34(30)23-27)35-17-11-14-28(40-35)25-45-47(8,9)37(5,6)7/h11-12,14-17,22-24,26,33,38,42H,10,13,18-21,25H2,1-9H3/t33-,46+/m0/s1. The fraction of sp³-hybridized carbons (Fsp3) is 0.541. The SMILES string of the molecule is CCC[C@H](N[S@+]([O-])C(C)(C)C)c1cccc(-c2cc(C3CCNCC3)c3cnn(-c4cccc(CO[Si](C)(C)C(C)(C)C)n4)c3c2)n1. The molecule has 0 bridgehead atoms. The zero-order valence-corrected chi connectivity index (χ0v) is 31.6. The summed E-state index contributed by atoms with van der Waals surface area (Å²) >= 11 is -1.20. The highest BCUT2D eigenvalue weighted by atomic mass is 32.2. The summed E-state index contributed by atoms with van der Waals surface area (Å²) in [5, 5.41) is 9.73. The number of fused-ring (bicyclic) bond motifs is 1. The summed E-state index contributed by atoms with van der Waals surface area (Å²) in [7, 11) is -1.92. The Morgan fingerprint density at radius 1 is 1.04 bits per heavy atom. The molecule has 0 unspecified atom stereocenters. The van der Waals surface area contributed by atoms with E-state index in [9.17, 15) is 4.55 Å². The Balaban J connectivity index is 1.56. The van der Waals surface area contributed by atoms with Crippen molar-refractivity contribution in [3.63, 3.8) is 0 Å². The molecular weight excluding hydrogens is 621 g/mol. The molecule has 10 heteroatoms. The third-order valence-electron chi connectivity index (χ3n) is 9.70. The van der Waals surface area contributed by atoms with E-state index < -0.39 is 19.7 Å². The van der Waals surface area contributed by atoms with Gasteiger partial charge >= 0.3 is 0 Å². The molecule has 1 aromatic carbocycles. The molecule has 254 valence electrons. The highest BCUT2D eigenvalue weighted by Gasteiger charge is 2.37. The first-order valence-corrected chi connectivity index (χ1v) is 21.2. The lowest BCUT2D eigenvalue weighted by molar-refractivity contribution is 0.272. The summed E-state index contributed by atoms with van der Waals surface area (Å²) in [6, 6.07) is 16.7. The van der Waals surface area contributed by atoms with Gasteiger partial charge < -0.3 is 14.3 Å². The Kier molecular flexibility index (Phi) is 11.0. The molecule has 0 spiro atoms. The molecule has 1 fully saturated rings. The van der Waals surface area contributed by atoms with Crippen LogP contribution < -0.4 is 10.0 Å². The first-order chi connectivity index (χ1) is 22.2. The molecule has 0 amide bonds. The van der Waals surface area contributed by atoms with Crippen molar-refractivity contribution in [2.45, 2.75) is 116 Å². The lowest BCUT2D eigenvalue weighted by atomic mass is 9.87. The molecule has 1 aliphatic rings. The van der Waals surface area contributed by atoms with Crippen LogP contribution in [-0.4, -0.2) is 50.5 Å². The maximum absolute atomic E-state index is 13.1. The largest absolute Gasteiger partial charge is 0.598 e. The molecule has 0 aliphatic carbocycles. The summed E-state index contributed by atoms with van der Waals surface area (Å²) in [6.07, 6.45) is 5.98. The van der Waals surface area contributed by atoms with Gasteiger partial charge in [-0.3, -0.25) is 4.98 Å². The van der Waals surface area contributed by atoms with E-state index in [-0.39, 0.29) is 15.8 Å². The second-order valence-corrected chi connectivity index (χ2v) is 22.2. The number of piperidine rings is 1. The van der Waals surface area contributed by atoms with Crippen molar-refractivity contribution < 1.29 is 8.98 Å². The van der Waals surface area contributed by atoms with Crippen LogP contribution >= 0.6 is 0 Å². The Morgan fingerprint density at radius 2 is 1.77 bits per heavy atom. The molecule has 2 N–H and O–H groups in total. The van der Waals surface area contributed by atoms with Crippen LogP contribution in [0.2, 0.25) is 18.1 Å². The molecule has 5 rings (SSSR count). The smallest absolute Gasteiger partial charge is 0.192 e. The van der Waals surface area contributed by atoms with Crippen LogP contribution in [0.3, 0.4) is 0 Å². The van der Waals surface area contributed by atoms with E-state index in [1.54, 1.807) is 0 Å². The number of nitrogens with zero attached hydrogens (tertiary/aromatic N) is 4. The van der Waals surface area contributed by atoms with Gasteiger partial charge in [0.15, 0.2) is 14.1 Å². The molecule has 0 radical (unpaired) electrons. The van der Waals surface area contributed by atoms with Gasteiger partial charge in [0.25, 0.3) is 0 Å². The molecule has 47 heavy (non-hydrogen) atoms. The molecular formula is C37H54N6O2SSi. The Hall–Kier alpha value is -2.60. The van der Waals surface area contributed by atoms with Crippen LogP contribution in [0.1, 0.15) is 103 Å². The van der Waals surface area contributed by atoms with E-state index >= 15 is 0 Å². The lowest BCUT2D eigenvalue weighted by Gasteiger charge is -2.36. The number of nitrogens with one attached hydrogen (secondary N) is 2. The minimum atomic E-state index is -1.92. The average Bonchev–Trinajstić information content (AvgIpc) is 3.47. The molecule has 1 saturated heterocycles. The van der Waals surface area contributed by atoms with Gasteiger partial charge in [-0.1, -0.05) is 46.2 Å². The molecule has 1 aliphatic heterocycles. The monoisotopic (exact) mass is 674 g/mol. The molecule has 2 atom stereocenters. The van der Waals surface area contributed by atoms with Crippen molar-refractivity contribution in [2.75, 3.05) is 13.1 Å². The Bertz CT molecular complexity index is 1650. The van der Waals surface area contributed by atoms with Crippen molar-refractivity contribution in [1.29, 1.82) is 0 Å². The van der Waals surface area contributed by atoms with Crippen LogP contribution in [0.5, 0.6) is 0 Å². The zero-order valence-electron chi connectivity index (χ0n) is 29.8. The summed E-state index contributed by atoms with van der Waals surface area (Å²) in [5.41, 5.74) is 6.11. The van der Waals surface area contributed by atoms with E-state index in [4.69, 9.17) is 19.5 Å². The molecule has 8 nitrogen and oxygen atoms in total. The minimum Gasteiger partial charge on any atom is -0.598 e. The molecule has 0 saturated carbocycles. The van der Waals surface area contributed by atoms with Gasteiger partial charge in [0.1, 0.15) is 4.75 Å². The number of hydrogen-bond donors (Lipinski definition) is 2. The Labute approximate surface area is 286 Å². The van der Waals surface area contributed by atoms with Gasteiger partial charge in [-0.05, 0) is 119 Å². The van der Waals surface area contributed by atoms with Crippen LogP contribution in [0, 0.1) is 0 Å². The van der Waals surface area contributed by atoms with Crippen molar-refractivity contribution in [3.05, 3.63) is 71.7 Å². The van der Waals surface area contributed by atoms with Crippen molar-refractivity contribution >= 4 is 30.6 Å². The number of rotatable bonds is 11. The highest BCUT2D eigenvalue weighted by Crippen LogP contribution is 2.38. The Morgan fingerprint density at radius 3 is 2.45 bits per heavy atom. The van der Waals surface area contributed by atoms with Crippen molar-refractivity contribution in [1.82, 2.24) is 29.8 Å². The van der Waals surface area contributed by atoms with Gasteiger partial charge in [-0.25, -0.2) is 9.67 Å². The highest BCUT2D eigenvalue weighted by molar-refractivity contribution is 7.90. The quantitative estimate of drug-likeness (QED) is 0.122. The zero-order chi connectivity index (χ0) is 34.0. The van der Waals surface area contributed by atoms with Gasteiger partial charge in [-0.2, -0.15) is 5.10 Å². The third-order valence-corrected chi connectivity index (χ3v) is 15.8. The summed E-state index contributed by atoms with van der Waals surface area (Å²) in [5.74, 6) is 1.21.